The summed E-state index contributed by atoms with van der Waals surface area (Å²) >= 11 is -3.14. The maximum atomic E-state index is 12.3. The van der Waals surface area contributed by atoms with Crippen LogP contribution < -0.4 is 5.73 Å². The molecule has 0 saturated carbocycles. The van der Waals surface area contributed by atoms with Crippen LogP contribution in [-0.2, 0) is 15.8 Å². The number of alkyl halides is 2. The molecule has 11 heavy (non-hydrogen) atoms. The Kier molecular flexibility index (Phi) is 2.24. The highest BCUT2D eigenvalue weighted by Crippen LogP contribution is 2.32. The highest BCUT2D eigenvalue weighted by molar-refractivity contribution is 7.80. The van der Waals surface area contributed by atoms with Crippen molar-refractivity contribution >= 4 is 11.1 Å². The SMILES string of the molecule is NC1OC1CC(F)(F)S(=O)O. The maximum absolute atomic E-state index is 12.3. The lowest BCUT2D eigenvalue weighted by Gasteiger charge is -2.08. The lowest BCUT2D eigenvalue weighted by atomic mass is 10.3. The van der Waals surface area contributed by atoms with Crippen molar-refractivity contribution < 1.29 is 22.3 Å². The molecule has 0 aromatic heterocycles. The maximum Gasteiger partial charge on any atom is 0.347 e. The molecule has 3 unspecified atom stereocenters. The first-order chi connectivity index (χ1) is 4.93. The largest absolute Gasteiger partial charge is 0.353 e. The summed E-state index contributed by atoms with van der Waals surface area (Å²) in [6, 6.07) is 0. The molecule has 1 fully saturated rings. The van der Waals surface area contributed by atoms with Gasteiger partial charge in [0, 0.05) is 0 Å². The second-order valence-corrected chi connectivity index (χ2v) is 3.33. The third-order valence-electron chi connectivity index (χ3n) is 1.32. The number of epoxide rings is 1. The Bertz CT molecular complexity index is 188. The molecule has 1 aliphatic heterocycles. The summed E-state index contributed by atoms with van der Waals surface area (Å²) in [5.41, 5.74) is 5.04. The Morgan fingerprint density at radius 1 is 1.73 bits per heavy atom. The minimum atomic E-state index is -3.61. The van der Waals surface area contributed by atoms with Gasteiger partial charge in [-0.15, -0.1) is 0 Å². The molecule has 0 radical (unpaired) electrons. The summed E-state index contributed by atoms with van der Waals surface area (Å²) < 4.78 is 47.1. The molecule has 3 N–H and O–H groups in total. The molecular formula is C4H7F2NO3S. The van der Waals surface area contributed by atoms with Crippen LogP contribution in [-0.4, -0.2) is 26.3 Å². The van der Waals surface area contributed by atoms with E-state index in [0.29, 0.717) is 0 Å². The van der Waals surface area contributed by atoms with Gasteiger partial charge in [0.1, 0.15) is 12.3 Å². The van der Waals surface area contributed by atoms with Gasteiger partial charge in [-0.25, -0.2) is 4.21 Å². The average molecular weight is 187 g/mol. The fraction of sp³-hybridized carbons (Fsp3) is 1.00. The lowest BCUT2D eigenvalue weighted by Crippen LogP contribution is -2.26. The predicted molar refractivity (Wildman–Crippen MR) is 33.2 cm³/mol. The molecule has 0 spiro atoms. The minimum Gasteiger partial charge on any atom is -0.353 e. The second-order valence-electron chi connectivity index (χ2n) is 2.23. The Hall–Kier alpha value is -0.110. The van der Waals surface area contributed by atoms with Crippen LogP contribution in [0.25, 0.3) is 0 Å². The van der Waals surface area contributed by atoms with E-state index in [2.05, 4.69) is 4.74 Å². The standard InChI is InChI=1S/C4H7F2NO3S/c5-4(6,11(8)9)1-2-3(7)10-2/h2-3H,1,7H2,(H,8,9). The third-order valence-corrected chi connectivity index (χ3v) is 1.99. The molecule has 4 nitrogen and oxygen atoms in total. The van der Waals surface area contributed by atoms with Gasteiger partial charge in [-0.3, -0.25) is 0 Å². The molecule has 0 aromatic rings. The highest BCUT2D eigenvalue weighted by atomic mass is 32.2. The van der Waals surface area contributed by atoms with Crippen molar-refractivity contribution in [2.24, 2.45) is 5.73 Å². The van der Waals surface area contributed by atoms with Gasteiger partial charge in [0.05, 0.1) is 6.42 Å². The first kappa shape index (κ1) is 8.98. The minimum absolute atomic E-state index is 0.704. The van der Waals surface area contributed by atoms with E-state index in [4.69, 9.17) is 10.3 Å². The first-order valence-electron chi connectivity index (χ1n) is 2.83. The Morgan fingerprint density at radius 2 is 2.18 bits per heavy atom. The summed E-state index contributed by atoms with van der Waals surface area (Å²) in [4.78, 5) is 0. The van der Waals surface area contributed by atoms with E-state index in [0.717, 1.165) is 0 Å². The van der Waals surface area contributed by atoms with Crippen LogP contribution in [0.3, 0.4) is 0 Å². The summed E-state index contributed by atoms with van der Waals surface area (Å²) in [5.74, 6) is 0. The van der Waals surface area contributed by atoms with Crippen LogP contribution in [0.15, 0.2) is 0 Å². The Balaban J connectivity index is 2.40. The van der Waals surface area contributed by atoms with E-state index in [1.54, 1.807) is 0 Å². The van der Waals surface area contributed by atoms with Crippen LogP contribution in [0.2, 0.25) is 0 Å². The molecule has 3 atom stereocenters. The zero-order valence-electron chi connectivity index (χ0n) is 5.37. The van der Waals surface area contributed by atoms with E-state index in [1.165, 1.54) is 0 Å². The molecule has 1 aliphatic rings. The van der Waals surface area contributed by atoms with E-state index >= 15 is 0 Å². The smallest absolute Gasteiger partial charge is 0.347 e. The van der Waals surface area contributed by atoms with Crippen LogP contribution in [0.4, 0.5) is 8.78 Å². The molecule has 1 saturated heterocycles. The van der Waals surface area contributed by atoms with Gasteiger partial charge >= 0.3 is 5.25 Å². The molecule has 1 heterocycles. The normalized spacial score (nSPS) is 33.5. The number of rotatable bonds is 3. The summed E-state index contributed by atoms with van der Waals surface area (Å²) in [6.07, 6.45) is -2.28. The Labute approximate surface area is 64.0 Å². The topological polar surface area (TPSA) is 75.8 Å². The third kappa shape index (κ3) is 2.16. The van der Waals surface area contributed by atoms with Crippen molar-refractivity contribution in [1.29, 1.82) is 0 Å². The second kappa shape index (κ2) is 2.74. The Morgan fingerprint density at radius 3 is 2.45 bits per heavy atom. The van der Waals surface area contributed by atoms with Gasteiger partial charge in [-0.2, -0.15) is 8.78 Å². The number of nitrogens with two attached hydrogens (primary N) is 1. The number of ether oxygens (including phenoxy) is 1. The molecule has 0 amide bonds. The first-order valence-corrected chi connectivity index (χ1v) is 3.94. The van der Waals surface area contributed by atoms with Gasteiger partial charge in [0.15, 0.2) is 0 Å². The van der Waals surface area contributed by atoms with Crippen LogP contribution in [0.1, 0.15) is 6.42 Å². The van der Waals surface area contributed by atoms with Crippen molar-refractivity contribution in [2.75, 3.05) is 0 Å². The summed E-state index contributed by atoms with van der Waals surface area (Å²) in [6.45, 7) is 0. The van der Waals surface area contributed by atoms with E-state index in [1.807, 2.05) is 0 Å². The zero-order valence-corrected chi connectivity index (χ0v) is 6.18. The van der Waals surface area contributed by atoms with Crippen molar-refractivity contribution in [3.05, 3.63) is 0 Å². The van der Waals surface area contributed by atoms with E-state index in [-0.39, 0.29) is 0 Å². The summed E-state index contributed by atoms with van der Waals surface area (Å²) in [5, 5.41) is -3.61. The molecule has 0 aromatic carbocycles. The van der Waals surface area contributed by atoms with Crippen molar-refractivity contribution in [3.8, 4) is 0 Å². The van der Waals surface area contributed by atoms with Gasteiger partial charge in [0.2, 0.25) is 11.1 Å². The monoisotopic (exact) mass is 187 g/mol. The van der Waals surface area contributed by atoms with Gasteiger partial charge in [-0.05, 0) is 0 Å². The molecular weight excluding hydrogens is 180 g/mol. The van der Waals surface area contributed by atoms with Gasteiger partial charge < -0.3 is 15.0 Å². The fourth-order valence-corrected chi connectivity index (χ4v) is 0.933. The molecule has 66 valence electrons. The number of halogens is 2. The van der Waals surface area contributed by atoms with E-state index < -0.39 is 35.1 Å². The molecule has 7 heteroatoms. The van der Waals surface area contributed by atoms with Crippen molar-refractivity contribution in [2.45, 2.75) is 24.0 Å². The number of hydrogen-bond donors (Lipinski definition) is 2. The molecule has 0 bridgehead atoms. The molecule has 0 aliphatic carbocycles. The van der Waals surface area contributed by atoms with Gasteiger partial charge in [0.25, 0.3) is 0 Å². The highest BCUT2D eigenvalue weighted by Gasteiger charge is 2.48. The molecule has 1 rings (SSSR count). The van der Waals surface area contributed by atoms with E-state index in [9.17, 15) is 13.0 Å². The van der Waals surface area contributed by atoms with Gasteiger partial charge in [-0.1, -0.05) is 0 Å². The van der Waals surface area contributed by atoms with Crippen LogP contribution >= 0.6 is 0 Å². The summed E-state index contributed by atoms with van der Waals surface area (Å²) in [7, 11) is 0. The van der Waals surface area contributed by atoms with Crippen LogP contribution in [0.5, 0.6) is 0 Å². The number of hydrogen-bond acceptors (Lipinski definition) is 3. The average Bonchev–Trinajstić information content (AvgIpc) is 2.45. The lowest BCUT2D eigenvalue weighted by molar-refractivity contribution is 0.0710. The van der Waals surface area contributed by atoms with Crippen molar-refractivity contribution in [1.82, 2.24) is 0 Å². The fourth-order valence-electron chi connectivity index (χ4n) is 0.626. The quantitative estimate of drug-likeness (QED) is 0.477. The van der Waals surface area contributed by atoms with Crippen LogP contribution in [0, 0.1) is 0 Å². The van der Waals surface area contributed by atoms with Crippen molar-refractivity contribution in [3.63, 3.8) is 0 Å². The predicted octanol–water partition coefficient (Wildman–Crippen LogP) is -0.125. The zero-order chi connectivity index (χ0) is 8.65.